The quantitative estimate of drug-likeness (QED) is 0.810. The fourth-order valence-corrected chi connectivity index (χ4v) is 2.00. The van der Waals surface area contributed by atoms with E-state index in [4.69, 9.17) is 10.4 Å². The SMILES string of the molecule is CCC(CCO)CNc1cc(C)nc(C)c1C#N. The molecule has 0 aromatic carbocycles. The molecule has 0 spiro atoms. The third-order valence-electron chi connectivity index (χ3n) is 3.14. The Labute approximate surface area is 109 Å². The van der Waals surface area contributed by atoms with Crippen molar-refractivity contribution in [3.8, 4) is 6.07 Å². The molecule has 1 rings (SSSR count). The highest BCUT2D eigenvalue weighted by Gasteiger charge is 2.10. The van der Waals surface area contributed by atoms with Crippen LogP contribution in [0.3, 0.4) is 0 Å². The maximum Gasteiger partial charge on any atom is 0.103 e. The fraction of sp³-hybridized carbons (Fsp3) is 0.571. The summed E-state index contributed by atoms with van der Waals surface area (Å²) in [5.74, 6) is 0.426. The maximum atomic E-state index is 9.15. The molecule has 0 aliphatic carbocycles. The van der Waals surface area contributed by atoms with Crippen LogP contribution in [0.4, 0.5) is 5.69 Å². The molecular weight excluding hydrogens is 226 g/mol. The third-order valence-corrected chi connectivity index (χ3v) is 3.14. The first-order valence-electron chi connectivity index (χ1n) is 6.35. The van der Waals surface area contributed by atoms with Crippen molar-refractivity contribution < 1.29 is 5.11 Å². The fourth-order valence-electron chi connectivity index (χ4n) is 2.00. The molecule has 0 radical (unpaired) electrons. The van der Waals surface area contributed by atoms with Gasteiger partial charge in [-0.3, -0.25) is 4.98 Å². The van der Waals surface area contributed by atoms with Gasteiger partial charge in [0.1, 0.15) is 6.07 Å². The Bertz CT molecular complexity index is 437. The zero-order valence-electron chi connectivity index (χ0n) is 11.3. The Hall–Kier alpha value is -1.60. The van der Waals surface area contributed by atoms with Gasteiger partial charge in [-0.1, -0.05) is 13.3 Å². The van der Waals surface area contributed by atoms with E-state index in [1.807, 2.05) is 19.9 Å². The lowest BCUT2D eigenvalue weighted by molar-refractivity contribution is 0.258. The van der Waals surface area contributed by atoms with Gasteiger partial charge in [-0.2, -0.15) is 5.26 Å². The molecule has 1 atom stereocenters. The summed E-state index contributed by atoms with van der Waals surface area (Å²) in [6.45, 7) is 6.86. The Balaban J connectivity index is 2.81. The number of aliphatic hydroxyl groups is 1. The second kappa shape index (κ2) is 6.97. The molecule has 4 heteroatoms. The Kier molecular flexibility index (Phi) is 5.60. The van der Waals surface area contributed by atoms with Gasteiger partial charge >= 0.3 is 0 Å². The number of anilines is 1. The molecule has 18 heavy (non-hydrogen) atoms. The maximum absolute atomic E-state index is 9.15. The van der Waals surface area contributed by atoms with Crippen LogP contribution in [0.5, 0.6) is 0 Å². The van der Waals surface area contributed by atoms with Gasteiger partial charge in [0, 0.05) is 18.8 Å². The average Bonchev–Trinajstić information content (AvgIpc) is 2.33. The Morgan fingerprint density at radius 3 is 2.78 bits per heavy atom. The number of aryl methyl sites for hydroxylation is 2. The zero-order valence-corrected chi connectivity index (χ0v) is 11.3. The van der Waals surface area contributed by atoms with E-state index >= 15 is 0 Å². The summed E-state index contributed by atoms with van der Waals surface area (Å²) in [5, 5.41) is 21.4. The predicted molar refractivity (Wildman–Crippen MR) is 72.4 cm³/mol. The molecule has 0 bridgehead atoms. The van der Waals surface area contributed by atoms with Crippen molar-refractivity contribution in [3.05, 3.63) is 23.0 Å². The molecule has 4 nitrogen and oxygen atoms in total. The van der Waals surface area contributed by atoms with Gasteiger partial charge in [-0.15, -0.1) is 0 Å². The van der Waals surface area contributed by atoms with Gasteiger partial charge in [0.2, 0.25) is 0 Å². The number of hydrogen-bond acceptors (Lipinski definition) is 4. The van der Waals surface area contributed by atoms with Crippen LogP contribution in [-0.2, 0) is 0 Å². The van der Waals surface area contributed by atoms with Crippen LogP contribution in [0.25, 0.3) is 0 Å². The second-order valence-corrected chi connectivity index (χ2v) is 4.55. The van der Waals surface area contributed by atoms with Crippen molar-refractivity contribution in [1.82, 2.24) is 4.98 Å². The van der Waals surface area contributed by atoms with Crippen LogP contribution in [0.2, 0.25) is 0 Å². The summed E-state index contributed by atoms with van der Waals surface area (Å²) in [6, 6.07) is 4.09. The van der Waals surface area contributed by atoms with Crippen molar-refractivity contribution >= 4 is 5.69 Å². The first-order valence-corrected chi connectivity index (χ1v) is 6.35. The molecule has 0 aliphatic rings. The number of nitriles is 1. The highest BCUT2D eigenvalue weighted by atomic mass is 16.3. The molecule has 0 saturated heterocycles. The van der Waals surface area contributed by atoms with Gasteiger partial charge in [0.15, 0.2) is 0 Å². The lowest BCUT2D eigenvalue weighted by Crippen LogP contribution is -2.16. The van der Waals surface area contributed by atoms with Crippen molar-refractivity contribution in [2.75, 3.05) is 18.5 Å². The topological polar surface area (TPSA) is 68.9 Å². The molecule has 0 amide bonds. The van der Waals surface area contributed by atoms with Gasteiger partial charge in [0.05, 0.1) is 16.9 Å². The van der Waals surface area contributed by atoms with Crippen molar-refractivity contribution in [2.45, 2.75) is 33.6 Å². The lowest BCUT2D eigenvalue weighted by atomic mass is 10.0. The van der Waals surface area contributed by atoms with Gasteiger partial charge in [0.25, 0.3) is 0 Å². The molecule has 98 valence electrons. The molecule has 0 saturated carbocycles. The summed E-state index contributed by atoms with van der Waals surface area (Å²) < 4.78 is 0. The van der Waals surface area contributed by atoms with Crippen LogP contribution in [0.1, 0.15) is 36.7 Å². The lowest BCUT2D eigenvalue weighted by Gasteiger charge is -2.16. The summed E-state index contributed by atoms with van der Waals surface area (Å²) in [7, 11) is 0. The number of nitrogens with one attached hydrogen (secondary N) is 1. The van der Waals surface area contributed by atoms with Crippen molar-refractivity contribution in [1.29, 1.82) is 5.26 Å². The minimum atomic E-state index is 0.208. The predicted octanol–water partition coefficient (Wildman–Crippen LogP) is 2.39. The van der Waals surface area contributed by atoms with Crippen LogP contribution in [-0.4, -0.2) is 23.2 Å². The number of rotatable bonds is 6. The van der Waals surface area contributed by atoms with Crippen LogP contribution < -0.4 is 5.32 Å². The molecule has 1 heterocycles. The highest BCUT2D eigenvalue weighted by Crippen LogP contribution is 2.20. The van der Waals surface area contributed by atoms with E-state index in [0.717, 1.165) is 36.5 Å². The van der Waals surface area contributed by atoms with E-state index in [-0.39, 0.29) is 6.61 Å². The number of hydrogen-bond donors (Lipinski definition) is 2. The first kappa shape index (κ1) is 14.5. The van der Waals surface area contributed by atoms with Crippen LogP contribution in [0, 0.1) is 31.1 Å². The minimum Gasteiger partial charge on any atom is -0.396 e. The average molecular weight is 247 g/mol. The minimum absolute atomic E-state index is 0.208. The summed E-state index contributed by atoms with van der Waals surface area (Å²) in [4.78, 5) is 4.29. The van der Waals surface area contributed by atoms with E-state index in [1.165, 1.54) is 0 Å². The number of nitrogens with zero attached hydrogens (tertiary/aromatic N) is 2. The summed E-state index contributed by atoms with van der Waals surface area (Å²) >= 11 is 0. The number of pyridine rings is 1. The van der Waals surface area contributed by atoms with Crippen molar-refractivity contribution in [2.24, 2.45) is 5.92 Å². The van der Waals surface area contributed by atoms with Crippen LogP contribution in [0.15, 0.2) is 6.07 Å². The molecule has 2 N–H and O–H groups in total. The van der Waals surface area contributed by atoms with Crippen molar-refractivity contribution in [3.63, 3.8) is 0 Å². The standard InChI is InChI=1S/C14H21N3O/c1-4-12(5-6-18)9-16-14-7-10(2)17-11(3)13(14)8-15/h7,12,18H,4-6,9H2,1-3H3,(H,16,17). The van der Waals surface area contributed by atoms with Gasteiger partial charge in [-0.05, 0) is 32.3 Å². The smallest absolute Gasteiger partial charge is 0.103 e. The number of aromatic nitrogens is 1. The van der Waals surface area contributed by atoms with E-state index in [1.54, 1.807) is 0 Å². The molecule has 0 fully saturated rings. The van der Waals surface area contributed by atoms with Gasteiger partial charge in [-0.25, -0.2) is 0 Å². The summed E-state index contributed by atoms with van der Waals surface area (Å²) in [5.41, 5.74) is 3.12. The summed E-state index contributed by atoms with van der Waals surface area (Å²) in [6.07, 6.45) is 1.80. The molecular formula is C14H21N3O. The molecule has 1 aromatic rings. The monoisotopic (exact) mass is 247 g/mol. The largest absolute Gasteiger partial charge is 0.396 e. The Morgan fingerprint density at radius 1 is 1.50 bits per heavy atom. The molecule has 1 aromatic heterocycles. The van der Waals surface area contributed by atoms with E-state index in [2.05, 4.69) is 23.3 Å². The first-order chi connectivity index (χ1) is 8.62. The van der Waals surface area contributed by atoms with E-state index < -0.39 is 0 Å². The molecule has 0 aliphatic heterocycles. The second-order valence-electron chi connectivity index (χ2n) is 4.55. The Morgan fingerprint density at radius 2 is 2.22 bits per heavy atom. The van der Waals surface area contributed by atoms with Crippen LogP contribution >= 0.6 is 0 Å². The zero-order chi connectivity index (χ0) is 13.5. The van der Waals surface area contributed by atoms with E-state index in [0.29, 0.717) is 11.5 Å². The third kappa shape index (κ3) is 3.71. The highest BCUT2D eigenvalue weighted by molar-refractivity contribution is 5.59. The van der Waals surface area contributed by atoms with E-state index in [9.17, 15) is 0 Å². The normalized spacial score (nSPS) is 11.9. The number of aliphatic hydroxyl groups excluding tert-OH is 1. The van der Waals surface area contributed by atoms with Gasteiger partial charge < -0.3 is 10.4 Å². The molecule has 1 unspecified atom stereocenters.